The fourth-order valence-electron chi connectivity index (χ4n) is 3.96. The third kappa shape index (κ3) is 5.37. The number of hydrogen-bond acceptors (Lipinski definition) is 5. The highest BCUT2D eigenvalue weighted by Gasteiger charge is 2.34. The summed E-state index contributed by atoms with van der Waals surface area (Å²) in [7, 11) is 1.60. The van der Waals surface area contributed by atoms with Crippen LogP contribution >= 0.6 is 11.3 Å². The zero-order chi connectivity index (χ0) is 22.6. The molecule has 1 aromatic heterocycles. The van der Waals surface area contributed by atoms with Crippen LogP contribution in [0.2, 0.25) is 0 Å². The lowest BCUT2D eigenvalue weighted by atomic mass is 9.72. The van der Waals surface area contributed by atoms with E-state index in [1.165, 1.54) is 22.3 Å². The average molecular weight is 442 g/mol. The first-order chi connectivity index (χ1) is 14.7. The normalized spacial score (nSPS) is 16.1. The van der Waals surface area contributed by atoms with Crippen molar-refractivity contribution < 1.29 is 19.1 Å². The number of benzene rings is 1. The van der Waals surface area contributed by atoms with Crippen LogP contribution in [0.3, 0.4) is 0 Å². The number of carbonyl (C=O) groups excluding carboxylic acids is 2. The number of methoxy groups -OCH3 is 1. The van der Waals surface area contributed by atoms with Gasteiger partial charge in [-0.3, -0.25) is 4.79 Å². The van der Waals surface area contributed by atoms with Gasteiger partial charge in [-0.2, -0.15) is 0 Å². The maximum atomic E-state index is 12.7. The SMILES string of the molecule is CCOC(=O)c1c(NC(=O)/C=C/c2ccccc2OC)sc2c1CCC(C(C)(C)C)C2. The highest BCUT2D eigenvalue weighted by Crippen LogP contribution is 2.44. The Labute approximate surface area is 188 Å². The van der Waals surface area contributed by atoms with Gasteiger partial charge in [0.05, 0.1) is 19.3 Å². The molecule has 0 fully saturated rings. The summed E-state index contributed by atoms with van der Waals surface area (Å²) in [5, 5.41) is 3.50. The van der Waals surface area contributed by atoms with Crippen molar-refractivity contribution >= 4 is 34.3 Å². The van der Waals surface area contributed by atoms with Crippen LogP contribution in [0.1, 0.15) is 60.5 Å². The zero-order valence-electron chi connectivity index (χ0n) is 18.9. The minimum absolute atomic E-state index is 0.201. The first-order valence-corrected chi connectivity index (χ1v) is 11.5. The highest BCUT2D eigenvalue weighted by atomic mass is 32.1. The Bertz CT molecular complexity index is 984. The number of thiophene rings is 1. The highest BCUT2D eigenvalue weighted by molar-refractivity contribution is 7.17. The number of anilines is 1. The Morgan fingerprint density at radius 2 is 2.00 bits per heavy atom. The molecule has 6 heteroatoms. The van der Waals surface area contributed by atoms with Crippen LogP contribution in [0, 0.1) is 11.3 Å². The van der Waals surface area contributed by atoms with Crippen LogP contribution in [0.5, 0.6) is 5.75 Å². The second-order valence-corrected chi connectivity index (χ2v) is 9.90. The van der Waals surface area contributed by atoms with Crippen LogP contribution in [0.15, 0.2) is 30.3 Å². The minimum Gasteiger partial charge on any atom is -0.496 e. The van der Waals surface area contributed by atoms with Crippen molar-refractivity contribution in [1.82, 2.24) is 0 Å². The van der Waals surface area contributed by atoms with E-state index >= 15 is 0 Å². The minimum atomic E-state index is -0.363. The van der Waals surface area contributed by atoms with Gasteiger partial charge in [0.25, 0.3) is 0 Å². The van der Waals surface area contributed by atoms with Crippen molar-refractivity contribution in [2.75, 3.05) is 19.0 Å². The van der Waals surface area contributed by atoms with Gasteiger partial charge in [0.1, 0.15) is 10.8 Å². The molecule has 1 aromatic carbocycles. The fraction of sp³-hybridized carbons (Fsp3) is 0.440. The molecule has 1 aliphatic rings. The maximum absolute atomic E-state index is 12.7. The Morgan fingerprint density at radius 1 is 1.26 bits per heavy atom. The molecule has 1 heterocycles. The van der Waals surface area contributed by atoms with Crippen molar-refractivity contribution in [3.63, 3.8) is 0 Å². The molecule has 0 saturated carbocycles. The summed E-state index contributed by atoms with van der Waals surface area (Å²) in [6.07, 6.45) is 5.95. The number of ether oxygens (including phenoxy) is 2. The van der Waals surface area contributed by atoms with Crippen molar-refractivity contribution in [3.8, 4) is 5.75 Å². The van der Waals surface area contributed by atoms with Gasteiger partial charge < -0.3 is 14.8 Å². The topological polar surface area (TPSA) is 64.6 Å². The molecule has 1 amide bonds. The van der Waals surface area contributed by atoms with E-state index in [1.807, 2.05) is 24.3 Å². The summed E-state index contributed by atoms with van der Waals surface area (Å²) in [4.78, 5) is 26.6. The van der Waals surface area contributed by atoms with E-state index in [0.29, 0.717) is 28.8 Å². The number of hydrogen-bond donors (Lipinski definition) is 1. The van der Waals surface area contributed by atoms with Crippen molar-refractivity contribution in [2.24, 2.45) is 11.3 Å². The van der Waals surface area contributed by atoms with E-state index in [9.17, 15) is 9.59 Å². The molecule has 1 N–H and O–H groups in total. The first kappa shape index (κ1) is 23.1. The van der Waals surface area contributed by atoms with Crippen LogP contribution in [-0.4, -0.2) is 25.6 Å². The van der Waals surface area contributed by atoms with E-state index in [1.54, 1.807) is 20.1 Å². The lowest BCUT2D eigenvalue weighted by Gasteiger charge is -2.33. The first-order valence-electron chi connectivity index (χ1n) is 10.7. The molecule has 1 unspecified atom stereocenters. The zero-order valence-corrected chi connectivity index (χ0v) is 19.7. The van der Waals surface area contributed by atoms with Gasteiger partial charge in [0.2, 0.25) is 5.91 Å². The number of fused-ring (bicyclic) bond motifs is 1. The molecule has 2 aromatic rings. The molecule has 0 radical (unpaired) electrons. The molecule has 0 aliphatic heterocycles. The second kappa shape index (κ2) is 9.69. The van der Waals surface area contributed by atoms with Gasteiger partial charge in [-0.05, 0) is 55.2 Å². The van der Waals surface area contributed by atoms with E-state index in [0.717, 1.165) is 30.4 Å². The van der Waals surface area contributed by atoms with Crippen molar-refractivity contribution in [2.45, 2.75) is 47.0 Å². The largest absolute Gasteiger partial charge is 0.496 e. The monoisotopic (exact) mass is 441 g/mol. The number of para-hydroxylation sites is 1. The van der Waals surface area contributed by atoms with Crippen molar-refractivity contribution in [1.29, 1.82) is 0 Å². The molecule has 0 saturated heterocycles. The lowest BCUT2D eigenvalue weighted by Crippen LogP contribution is -2.26. The average Bonchev–Trinajstić information content (AvgIpc) is 3.09. The second-order valence-electron chi connectivity index (χ2n) is 8.80. The molecule has 31 heavy (non-hydrogen) atoms. The Hall–Kier alpha value is -2.60. The van der Waals surface area contributed by atoms with E-state index in [-0.39, 0.29) is 17.3 Å². The van der Waals surface area contributed by atoms with Crippen LogP contribution in [-0.2, 0) is 22.4 Å². The van der Waals surface area contributed by atoms with Gasteiger partial charge in [-0.1, -0.05) is 39.0 Å². The third-order valence-electron chi connectivity index (χ3n) is 5.76. The van der Waals surface area contributed by atoms with E-state index in [4.69, 9.17) is 9.47 Å². The summed E-state index contributed by atoms with van der Waals surface area (Å²) >= 11 is 1.50. The predicted molar refractivity (Wildman–Crippen MR) is 126 cm³/mol. The number of esters is 1. The predicted octanol–water partition coefficient (Wildman–Crippen LogP) is 5.74. The molecule has 0 bridgehead atoms. The number of nitrogens with one attached hydrogen (secondary N) is 1. The van der Waals surface area contributed by atoms with Gasteiger partial charge >= 0.3 is 5.97 Å². The van der Waals surface area contributed by atoms with Crippen molar-refractivity contribution in [3.05, 3.63) is 51.9 Å². The van der Waals surface area contributed by atoms with E-state index < -0.39 is 0 Å². The van der Waals surface area contributed by atoms with Gasteiger partial charge in [-0.15, -0.1) is 11.3 Å². The summed E-state index contributed by atoms with van der Waals surface area (Å²) in [6.45, 7) is 8.87. The molecular weight excluding hydrogens is 410 g/mol. The maximum Gasteiger partial charge on any atom is 0.341 e. The van der Waals surface area contributed by atoms with Gasteiger partial charge in [-0.25, -0.2) is 4.79 Å². The standard InChI is InChI=1S/C25H31NO4S/c1-6-30-24(28)22-18-13-12-17(25(2,3)4)15-20(18)31-23(22)26-21(27)14-11-16-9-7-8-10-19(16)29-5/h7-11,14,17H,6,12-13,15H2,1-5H3,(H,26,27)/b14-11+. The Morgan fingerprint density at radius 3 is 2.68 bits per heavy atom. The van der Waals surface area contributed by atoms with Gasteiger partial charge in [0, 0.05) is 16.5 Å². The van der Waals surface area contributed by atoms with Crippen LogP contribution in [0.4, 0.5) is 5.00 Å². The number of carbonyl (C=O) groups is 2. The van der Waals surface area contributed by atoms with Gasteiger partial charge in [0.15, 0.2) is 0 Å². The van der Waals surface area contributed by atoms with Crippen LogP contribution in [0.25, 0.3) is 6.08 Å². The molecule has 1 aliphatic carbocycles. The molecule has 166 valence electrons. The fourth-order valence-corrected chi connectivity index (χ4v) is 5.27. The van der Waals surface area contributed by atoms with Crippen LogP contribution < -0.4 is 10.1 Å². The summed E-state index contributed by atoms with van der Waals surface area (Å²) in [6, 6.07) is 7.49. The molecule has 5 nitrogen and oxygen atoms in total. The number of rotatable bonds is 6. The number of amides is 1. The summed E-state index contributed by atoms with van der Waals surface area (Å²) < 4.78 is 10.6. The Balaban J connectivity index is 1.86. The third-order valence-corrected chi connectivity index (χ3v) is 6.93. The molecule has 0 spiro atoms. The summed E-state index contributed by atoms with van der Waals surface area (Å²) in [5.41, 5.74) is 2.57. The molecule has 3 rings (SSSR count). The Kier molecular flexibility index (Phi) is 7.21. The lowest BCUT2D eigenvalue weighted by molar-refractivity contribution is -0.111. The molecule has 1 atom stereocenters. The summed E-state index contributed by atoms with van der Waals surface area (Å²) in [5.74, 6) is 0.585. The quantitative estimate of drug-likeness (QED) is 0.459. The smallest absolute Gasteiger partial charge is 0.341 e. The van der Waals surface area contributed by atoms with E-state index in [2.05, 4.69) is 26.1 Å². The molecular formula is C25H31NO4S.